The van der Waals surface area contributed by atoms with E-state index >= 15 is 0 Å². The van der Waals surface area contributed by atoms with Gasteiger partial charge in [-0.1, -0.05) is 80.8 Å². The molecule has 0 aliphatic heterocycles. The lowest BCUT2D eigenvalue weighted by Gasteiger charge is -2.14. The highest BCUT2D eigenvalue weighted by molar-refractivity contribution is 5.49. The minimum atomic E-state index is 0.669. The first-order valence-corrected chi connectivity index (χ1v) is 11.1. The summed E-state index contributed by atoms with van der Waals surface area (Å²) < 4.78 is 12.0. The monoisotopic (exact) mass is 403 g/mol. The Hall–Kier alpha value is -2.94. The highest BCUT2D eigenvalue weighted by Crippen LogP contribution is 2.22. The molecule has 0 amide bonds. The number of para-hydroxylation sites is 1. The van der Waals surface area contributed by atoms with E-state index in [1.807, 2.05) is 24.3 Å². The second-order valence-corrected chi connectivity index (χ2v) is 7.48. The first-order chi connectivity index (χ1) is 14.8. The molecule has 0 radical (unpaired) electrons. The third kappa shape index (κ3) is 7.47. The van der Waals surface area contributed by atoms with Crippen molar-refractivity contribution in [1.82, 2.24) is 0 Å². The summed E-state index contributed by atoms with van der Waals surface area (Å²) in [7, 11) is 0. The summed E-state index contributed by atoms with van der Waals surface area (Å²) in [6.45, 7) is 4.40. The van der Waals surface area contributed by atoms with Gasteiger partial charge in [0.25, 0.3) is 0 Å². The maximum atomic E-state index is 6.03. The van der Waals surface area contributed by atoms with Crippen molar-refractivity contribution < 1.29 is 9.47 Å². The molecule has 3 aromatic carbocycles. The molecule has 0 heterocycles. The smallest absolute Gasteiger partial charge is 0.124 e. The normalized spacial score (nSPS) is 10.6. The van der Waals surface area contributed by atoms with Gasteiger partial charge >= 0.3 is 0 Å². The average molecular weight is 404 g/mol. The molecule has 0 aliphatic carbocycles. The molecule has 158 valence electrons. The summed E-state index contributed by atoms with van der Waals surface area (Å²) in [6.07, 6.45) is 5.76. The summed E-state index contributed by atoms with van der Waals surface area (Å²) in [4.78, 5) is 0. The Labute approximate surface area is 181 Å². The van der Waals surface area contributed by atoms with Gasteiger partial charge < -0.3 is 14.8 Å². The van der Waals surface area contributed by atoms with Gasteiger partial charge in [-0.05, 0) is 30.2 Å². The number of benzene rings is 3. The molecule has 0 fully saturated rings. The molecule has 3 heteroatoms. The van der Waals surface area contributed by atoms with Crippen molar-refractivity contribution >= 4 is 5.69 Å². The number of unbranched alkanes of at least 4 members (excludes halogenated alkanes) is 3. The molecule has 1 N–H and O–H groups in total. The van der Waals surface area contributed by atoms with Crippen LogP contribution in [0.2, 0.25) is 0 Å². The molecular formula is C27H33NO2. The number of hydrogen-bond acceptors (Lipinski definition) is 3. The summed E-state index contributed by atoms with van der Waals surface area (Å²) in [5.74, 6) is 1.85. The Bertz CT molecular complexity index is 864. The Morgan fingerprint density at radius 1 is 0.733 bits per heavy atom. The van der Waals surface area contributed by atoms with Crippen LogP contribution in [-0.2, 0) is 13.0 Å². The lowest BCUT2D eigenvalue weighted by molar-refractivity contribution is 0.302. The molecule has 3 aromatic rings. The van der Waals surface area contributed by atoms with Crippen LogP contribution in [0.15, 0.2) is 78.9 Å². The van der Waals surface area contributed by atoms with Gasteiger partial charge in [0.1, 0.15) is 11.5 Å². The van der Waals surface area contributed by atoms with Gasteiger partial charge in [-0.15, -0.1) is 0 Å². The molecule has 30 heavy (non-hydrogen) atoms. The molecule has 0 atom stereocenters. The third-order valence-corrected chi connectivity index (χ3v) is 5.05. The van der Waals surface area contributed by atoms with E-state index in [0.29, 0.717) is 6.61 Å². The van der Waals surface area contributed by atoms with Crippen LogP contribution in [0.3, 0.4) is 0 Å². The van der Waals surface area contributed by atoms with Gasteiger partial charge in [0.2, 0.25) is 0 Å². The minimum absolute atomic E-state index is 0.669. The fourth-order valence-electron chi connectivity index (χ4n) is 3.33. The van der Waals surface area contributed by atoms with Crippen molar-refractivity contribution in [2.24, 2.45) is 0 Å². The lowest BCUT2D eigenvalue weighted by atomic mass is 10.2. The van der Waals surface area contributed by atoms with Crippen LogP contribution in [-0.4, -0.2) is 13.2 Å². The predicted octanol–water partition coefficient (Wildman–Crippen LogP) is 6.88. The molecule has 0 spiro atoms. The van der Waals surface area contributed by atoms with E-state index in [1.54, 1.807) is 0 Å². The van der Waals surface area contributed by atoms with Gasteiger partial charge in [-0.2, -0.15) is 0 Å². The van der Waals surface area contributed by atoms with E-state index in [0.717, 1.165) is 43.2 Å². The van der Waals surface area contributed by atoms with Crippen LogP contribution in [0, 0.1) is 0 Å². The van der Waals surface area contributed by atoms with Crippen LogP contribution in [0.4, 0.5) is 5.69 Å². The maximum Gasteiger partial charge on any atom is 0.124 e. The predicted molar refractivity (Wildman–Crippen MR) is 125 cm³/mol. The Kier molecular flexibility index (Phi) is 9.13. The summed E-state index contributed by atoms with van der Waals surface area (Å²) >= 11 is 0. The lowest BCUT2D eigenvalue weighted by Crippen LogP contribution is -2.05. The van der Waals surface area contributed by atoms with E-state index in [1.165, 1.54) is 30.4 Å². The molecular weight excluding hydrogens is 370 g/mol. The number of anilines is 1. The van der Waals surface area contributed by atoms with E-state index in [-0.39, 0.29) is 0 Å². The highest BCUT2D eigenvalue weighted by atomic mass is 16.5. The van der Waals surface area contributed by atoms with Crippen molar-refractivity contribution in [3.05, 3.63) is 90.0 Å². The summed E-state index contributed by atoms with van der Waals surface area (Å²) in [6, 6.07) is 26.8. The topological polar surface area (TPSA) is 30.5 Å². The third-order valence-electron chi connectivity index (χ3n) is 5.05. The first kappa shape index (κ1) is 21.8. The van der Waals surface area contributed by atoms with Crippen LogP contribution in [0.5, 0.6) is 11.5 Å². The molecule has 0 saturated heterocycles. The van der Waals surface area contributed by atoms with Crippen molar-refractivity contribution in [3.63, 3.8) is 0 Å². The maximum absolute atomic E-state index is 6.03. The minimum Gasteiger partial charge on any atom is -0.493 e. The Morgan fingerprint density at radius 3 is 2.43 bits per heavy atom. The van der Waals surface area contributed by atoms with Gasteiger partial charge in [0, 0.05) is 30.3 Å². The average Bonchev–Trinajstić information content (AvgIpc) is 2.79. The Balaban J connectivity index is 1.48. The first-order valence-electron chi connectivity index (χ1n) is 11.1. The zero-order valence-corrected chi connectivity index (χ0v) is 18.0. The van der Waals surface area contributed by atoms with Gasteiger partial charge in [0.05, 0.1) is 13.2 Å². The fourth-order valence-corrected chi connectivity index (χ4v) is 3.33. The van der Waals surface area contributed by atoms with Crippen molar-refractivity contribution in [1.29, 1.82) is 0 Å². The summed E-state index contributed by atoms with van der Waals surface area (Å²) in [5, 5.41) is 3.50. The van der Waals surface area contributed by atoms with Crippen molar-refractivity contribution in [3.8, 4) is 11.5 Å². The zero-order chi connectivity index (χ0) is 20.9. The van der Waals surface area contributed by atoms with E-state index < -0.39 is 0 Å². The van der Waals surface area contributed by atoms with Crippen molar-refractivity contribution in [2.75, 3.05) is 18.5 Å². The van der Waals surface area contributed by atoms with Crippen LogP contribution in [0.25, 0.3) is 0 Å². The number of ether oxygens (including phenoxy) is 2. The SMILES string of the molecule is CCCCCCOc1ccccc1CNc1cccc(OCCc2ccccc2)c1. The van der Waals surface area contributed by atoms with Crippen molar-refractivity contribution in [2.45, 2.75) is 45.6 Å². The molecule has 3 rings (SSSR count). The molecule has 0 bridgehead atoms. The van der Waals surface area contributed by atoms with Crippen LogP contribution < -0.4 is 14.8 Å². The van der Waals surface area contributed by atoms with E-state index in [9.17, 15) is 0 Å². The van der Waals surface area contributed by atoms with Crippen LogP contribution in [0.1, 0.15) is 43.7 Å². The van der Waals surface area contributed by atoms with Gasteiger partial charge in [-0.3, -0.25) is 0 Å². The zero-order valence-electron chi connectivity index (χ0n) is 18.0. The number of nitrogens with one attached hydrogen (secondary N) is 1. The quantitative estimate of drug-likeness (QED) is 0.316. The van der Waals surface area contributed by atoms with E-state index in [2.05, 4.69) is 66.8 Å². The summed E-state index contributed by atoms with van der Waals surface area (Å²) in [5.41, 5.74) is 3.51. The molecule has 0 saturated carbocycles. The second-order valence-electron chi connectivity index (χ2n) is 7.48. The standard InChI is InChI=1S/C27H33NO2/c1-2-3-4-10-19-30-27-17-9-8-14-24(27)22-28-25-15-11-16-26(21-25)29-20-18-23-12-6-5-7-13-23/h5-9,11-17,21,28H,2-4,10,18-20,22H2,1H3. The molecule has 0 aromatic heterocycles. The largest absolute Gasteiger partial charge is 0.493 e. The van der Waals surface area contributed by atoms with Gasteiger partial charge in [-0.25, -0.2) is 0 Å². The fraction of sp³-hybridized carbons (Fsp3) is 0.333. The number of hydrogen-bond donors (Lipinski definition) is 1. The second kappa shape index (κ2) is 12.6. The van der Waals surface area contributed by atoms with E-state index in [4.69, 9.17) is 9.47 Å². The number of rotatable bonds is 13. The molecule has 3 nitrogen and oxygen atoms in total. The highest BCUT2D eigenvalue weighted by Gasteiger charge is 2.04. The molecule has 0 unspecified atom stereocenters. The van der Waals surface area contributed by atoms with Crippen LogP contribution >= 0.6 is 0 Å². The Morgan fingerprint density at radius 2 is 1.57 bits per heavy atom. The van der Waals surface area contributed by atoms with Gasteiger partial charge in [0.15, 0.2) is 0 Å². The molecule has 0 aliphatic rings.